The van der Waals surface area contributed by atoms with Crippen LogP contribution in [0.15, 0.2) is 41.3 Å². The van der Waals surface area contributed by atoms with Crippen molar-refractivity contribution in [3.05, 3.63) is 36.9 Å². The number of ether oxygens (including phenoxy) is 1. The fourth-order valence-electron chi connectivity index (χ4n) is 2.82. The lowest BCUT2D eigenvalue weighted by molar-refractivity contribution is -0.0708. The summed E-state index contributed by atoms with van der Waals surface area (Å²) in [5.41, 5.74) is 2.20. The molecule has 21 heavy (non-hydrogen) atoms. The molecule has 1 aromatic carbocycles. The van der Waals surface area contributed by atoms with E-state index in [1.54, 1.807) is 6.20 Å². The Bertz CT molecular complexity index is 565. The highest BCUT2D eigenvalue weighted by atomic mass is 16.5. The molecule has 1 aliphatic heterocycles. The van der Waals surface area contributed by atoms with Crippen molar-refractivity contribution < 1.29 is 9.15 Å². The first-order valence-electron chi connectivity index (χ1n) is 7.58. The zero-order valence-corrected chi connectivity index (χ0v) is 12.6. The van der Waals surface area contributed by atoms with Gasteiger partial charge in [0.25, 0.3) is 0 Å². The summed E-state index contributed by atoms with van der Waals surface area (Å²) in [5.74, 6) is 0.797. The summed E-state index contributed by atoms with van der Waals surface area (Å²) in [4.78, 5) is 3.94. The van der Waals surface area contributed by atoms with Crippen LogP contribution in [0.5, 0.6) is 0 Å². The molecule has 2 unspecified atom stereocenters. The van der Waals surface area contributed by atoms with Crippen molar-refractivity contribution in [2.75, 3.05) is 11.9 Å². The maximum Gasteiger partial charge on any atom is 0.181 e. The summed E-state index contributed by atoms with van der Waals surface area (Å²) < 4.78 is 11.2. The second kappa shape index (κ2) is 5.90. The van der Waals surface area contributed by atoms with Crippen LogP contribution in [-0.4, -0.2) is 23.2 Å². The van der Waals surface area contributed by atoms with Crippen LogP contribution in [0.25, 0.3) is 11.3 Å². The van der Waals surface area contributed by atoms with Crippen molar-refractivity contribution in [1.82, 2.24) is 4.98 Å². The molecule has 0 bridgehead atoms. The summed E-state index contributed by atoms with van der Waals surface area (Å²) in [7, 11) is 0. The highest BCUT2D eigenvalue weighted by Crippen LogP contribution is 2.30. The minimum Gasteiger partial charge on any atom is -0.444 e. The molecule has 1 saturated heterocycles. The summed E-state index contributed by atoms with van der Waals surface area (Å²) >= 11 is 0. The lowest BCUT2D eigenvalue weighted by Gasteiger charge is -2.38. The smallest absolute Gasteiger partial charge is 0.181 e. The van der Waals surface area contributed by atoms with Crippen LogP contribution in [0.3, 0.4) is 0 Å². The average molecular weight is 286 g/mol. The third-order valence-electron chi connectivity index (χ3n) is 4.32. The summed E-state index contributed by atoms with van der Waals surface area (Å²) in [6, 6.07) is 8.77. The molecule has 1 aromatic heterocycles. The monoisotopic (exact) mass is 286 g/mol. The van der Waals surface area contributed by atoms with Crippen molar-refractivity contribution in [3.8, 4) is 11.3 Å². The summed E-state index contributed by atoms with van der Waals surface area (Å²) in [5, 5.41) is 3.62. The van der Waals surface area contributed by atoms with Gasteiger partial charge in [-0.2, -0.15) is 0 Å². The Morgan fingerprint density at radius 3 is 2.81 bits per heavy atom. The van der Waals surface area contributed by atoms with Crippen LogP contribution in [0, 0.1) is 0 Å². The molecule has 1 aliphatic rings. The van der Waals surface area contributed by atoms with E-state index in [0.29, 0.717) is 6.04 Å². The molecule has 0 aliphatic carbocycles. The topological polar surface area (TPSA) is 47.3 Å². The Balaban J connectivity index is 1.65. The molecule has 2 atom stereocenters. The van der Waals surface area contributed by atoms with Crippen molar-refractivity contribution >= 4 is 5.69 Å². The van der Waals surface area contributed by atoms with E-state index in [2.05, 4.69) is 48.4 Å². The van der Waals surface area contributed by atoms with Crippen LogP contribution in [0.4, 0.5) is 5.69 Å². The Morgan fingerprint density at radius 2 is 2.14 bits per heavy atom. The molecule has 3 rings (SSSR count). The maximum absolute atomic E-state index is 5.89. The van der Waals surface area contributed by atoms with Gasteiger partial charge in [0.2, 0.25) is 0 Å². The first kappa shape index (κ1) is 14.1. The Labute approximate surface area is 125 Å². The van der Waals surface area contributed by atoms with Gasteiger partial charge >= 0.3 is 0 Å². The third-order valence-corrected chi connectivity index (χ3v) is 4.32. The van der Waals surface area contributed by atoms with Crippen LogP contribution in [0.2, 0.25) is 0 Å². The number of hydrogen-bond donors (Lipinski definition) is 1. The zero-order valence-electron chi connectivity index (χ0n) is 12.6. The first-order chi connectivity index (χ1) is 10.2. The van der Waals surface area contributed by atoms with E-state index in [-0.39, 0.29) is 5.60 Å². The second-order valence-corrected chi connectivity index (χ2v) is 5.93. The molecule has 112 valence electrons. The molecule has 0 radical (unpaired) electrons. The van der Waals surface area contributed by atoms with Crippen molar-refractivity contribution in [3.63, 3.8) is 0 Å². The van der Waals surface area contributed by atoms with Crippen LogP contribution in [0.1, 0.15) is 33.1 Å². The van der Waals surface area contributed by atoms with E-state index >= 15 is 0 Å². The van der Waals surface area contributed by atoms with E-state index in [9.17, 15) is 0 Å². The zero-order chi connectivity index (χ0) is 14.7. The summed E-state index contributed by atoms with van der Waals surface area (Å²) in [6.07, 6.45) is 6.34. The van der Waals surface area contributed by atoms with Gasteiger partial charge in [0.1, 0.15) is 0 Å². The van der Waals surface area contributed by atoms with Gasteiger partial charge in [-0.05, 0) is 50.5 Å². The number of aromatic nitrogens is 1. The summed E-state index contributed by atoms with van der Waals surface area (Å²) in [6.45, 7) is 5.22. The Kier molecular flexibility index (Phi) is 3.97. The minimum atomic E-state index is 0.00962. The number of nitrogens with one attached hydrogen (secondary N) is 1. The van der Waals surface area contributed by atoms with E-state index in [1.165, 1.54) is 6.39 Å². The highest BCUT2D eigenvalue weighted by Gasteiger charge is 2.31. The molecule has 2 aromatic rings. The van der Waals surface area contributed by atoms with E-state index in [4.69, 9.17) is 9.15 Å². The van der Waals surface area contributed by atoms with Gasteiger partial charge < -0.3 is 14.5 Å². The van der Waals surface area contributed by atoms with Gasteiger partial charge in [0.15, 0.2) is 12.2 Å². The van der Waals surface area contributed by atoms with Crippen molar-refractivity contribution in [2.45, 2.75) is 44.8 Å². The Hall–Kier alpha value is -1.81. The molecule has 0 spiro atoms. The number of anilines is 1. The lowest BCUT2D eigenvalue weighted by Crippen LogP contribution is -2.41. The quantitative estimate of drug-likeness (QED) is 0.919. The molecule has 1 fully saturated rings. The normalized spacial score (nSPS) is 25.7. The van der Waals surface area contributed by atoms with Gasteiger partial charge in [0.05, 0.1) is 11.8 Å². The fraction of sp³-hybridized carbons (Fsp3) is 0.471. The van der Waals surface area contributed by atoms with E-state index in [1.807, 2.05) is 0 Å². The fourth-order valence-corrected chi connectivity index (χ4v) is 2.82. The average Bonchev–Trinajstić information content (AvgIpc) is 3.02. The van der Waals surface area contributed by atoms with Gasteiger partial charge in [-0.3, -0.25) is 0 Å². The standard InChI is InChI=1S/C17H22N2O2/c1-3-17(2)10-15(8-9-21-17)19-14-6-4-13(5-7-14)16-11-18-12-20-16/h4-7,11-12,15,19H,3,8-10H2,1-2H3. The SMILES string of the molecule is CCC1(C)CC(Nc2ccc(-c3cnco3)cc2)CCO1. The van der Waals surface area contributed by atoms with Crippen molar-refractivity contribution in [1.29, 1.82) is 0 Å². The van der Waals surface area contributed by atoms with Gasteiger partial charge in [-0.15, -0.1) is 0 Å². The third kappa shape index (κ3) is 3.27. The largest absolute Gasteiger partial charge is 0.444 e. The van der Waals surface area contributed by atoms with Gasteiger partial charge in [0, 0.05) is 23.9 Å². The molecule has 2 heterocycles. The van der Waals surface area contributed by atoms with Crippen LogP contribution >= 0.6 is 0 Å². The maximum atomic E-state index is 5.89. The molecular formula is C17H22N2O2. The molecule has 0 amide bonds. The molecule has 1 N–H and O–H groups in total. The number of hydrogen-bond acceptors (Lipinski definition) is 4. The van der Waals surface area contributed by atoms with E-state index < -0.39 is 0 Å². The van der Waals surface area contributed by atoms with E-state index in [0.717, 1.165) is 42.9 Å². The van der Waals surface area contributed by atoms with Gasteiger partial charge in [-0.1, -0.05) is 6.92 Å². The number of rotatable bonds is 4. The van der Waals surface area contributed by atoms with Crippen LogP contribution < -0.4 is 5.32 Å². The molecular weight excluding hydrogens is 264 g/mol. The van der Waals surface area contributed by atoms with Crippen molar-refractivity contribution in [2.24, 2.45) is 0 Å². The number of benzene rings is 1. The number of oxazole rings is 1. The predicted molar refractivity (Wildman–Crippen MR) is 83.2 cm³/mol. The lowest BCUT2D eigenvalue weighted by atomic mass is 9.90. The molecule has 4 nitrogen and oxygen atoms in total. The second-order valence-electron chi connectivity index (χ2n) is 5.93. The van der Waals surface area contributed by atoms with Gasteiger partial charge in [-0.25, -0.2) is 4.98 Å². The highest BCUT2D eigenvalue weighted by molar-refractivity contribution is 5.60. The molecule has 0 saturated carbocycles. The number of nitrogens with zero attached hydrogens (tertiary/aromatic N) is 1. The predicted octanol–water partition coefficient (Wildman–Crippen LogP) is 4.10. The Morgan fingerprint density at radius 1 is 1.33 bits per heavy atom. The first-order valence-corrected chi connectivity index (χ1v) is 7.58. The van der Waals surface area contributed by atoms with Crippen LogP contribution in [-0.2, 0) is 4.74 Å². The molecule has 4 heteroatoms. The minimum absolute atomic E-state index is 0.00962.